The van der Waals surface area contributed by atoms with Gasteiger partial charge < -0.3 is 20.8 Å². The van der Waals surface area contributed by atoms with Gasteiger partial charge in [-0.25, -0.2) is 0 Å². The summed E-state index contributed by atoms with van der Waals surface area (Å²) in [6, 6.07) is 8.98. The molecule has 4 N–H and O–H groups in total. The Labute approximate surface area is 210 Å². The number of benzene rings is 2. The molecule has 0 aliphatic heterocycles. The summed E-state index contributed by atoms with van der Waals surface area (Å²) in [6.07, 6.45) is 14.0. The number of phenolic OH excluding ortho intramolecular Hbond substituents is 1. The van der Waals surface area contributed by atoms with Gasteiger partial charge >= 0.3 is 0 Å². The lowest BCUT2D eigenvalue weighted by atomic mass is 10.0. The molecular formula is C29H44N2O4. The Balaban J connectivity index is 1.65. The third-order valence-corrected chi connectivity index (χ3v) is 6.47. The Bertz CT molecular complexity index is 913. The largest absolute Gasteiger partial charge is 0.508 e. The van der Waals surface area contributed by atoms with Gasteiger partial charge in [-0.2, -0.15) is 0 Å². The number of amides is 2. The number of fused-ring (bicyclic) bond motifs is 1. The molecule has 194 valence electrons. The van der Waals surface area contributed by atoms with Crippen molar-refractivity contribution in [1.29, 1.82) is 0 Å². The van der Waals surface area contributed by atoms with E-state index in [9.17, 15) is 19.8 Å². The maximum absolute atomic E-state index is 12.7. The summed E-state index contributed by atoms with van der Waals surface area (Å²) in [7, 11) is 0. The van der Waals surface area contributed by atoms with Gasteiger partial charge in [-0.3, -0.25) is 9.59 Å². The Morgan fingerprint density at radius 1 is 0.800 bits per heavy atom. The van der Waals surface area contributed by atoms with Crippen molar-refractivity contribution in [1.82, 2.24) is 10.6 Å². The van der Waals surface area contributed by atoms with Gasteiger partial charge in [0.05, 0.1) is 6.10 Å². The molecule has 2 aromatic carbocycles. The molecule has 6 nitrogen and oxygen atoms in total. The highest BCUT2D eigenvalue weighted by molar-refractivity contribution is 6.01. The zero-order valence-corrected chi connectivity index (χ0v) is 21.5. The second-order valence-corrected chi connectivity index (χ2v) is 9.62. The van der Waals surface area contributed by atoms with Crippen molar-refractivity contribution in [3.8, 4) is 5.75 Å². The summed E-state index contributed by atoms with van der Waals surface area (Å²) in [6.45, 7) is 4.28. The number of aliphatic hydroxyl groups excluding tert-OH is 1. The van der Waals surface area contributed by atoms with Crippen LogP contribution in [0.15, 0.2) is 36.4 Å². The SMILES string of the molecule is CCCCCCCCCCCCCCNC(=O)[C@@H](NC(=O)c1ccc2cc(O)ccc2c1)[C@@H](C)O. The molecule has 0 aliphatic rings. The van der Waals surface area contributed by atoms with Crippen LogP contribution in [0.5, 0.6) is 5.75 Å². The highest BCUT2D eigenvalue weighted by Gasteiger charge is 2.25. The minimum absolute atomic E-state index is 0.161. The van der Waals surface area contributed by atoms with Gasteiger partial charge in [-0.05, 0) is 48.4 Å². The van der Waals surface area contributed by atoms with E-state index in [1.807, 2.05) is 0 Å². The number of nitrogens with one attached hydrogen (secondary N) is 2. The molecule has 2 aromatic rings. The number of hydrogen-bond acceptors (Lipinski definition) is 4. The molecule has 0 saturated heterocycles. The van der Waals surface area contributed by atoms with Crippen molar-refractivity contribution >= 4 is 22.6 Å². The summed E-state index contributed by atoms with van der Waals surface area (Å²) in [4.78, 5) is 25.3. The molecule has 35 heavy (non-hydrogen) atoms. The second kappa shape index (κ2) is 16.1. The molecule has 0 aliphatic carbocycles. The average Bonchev–Trinajstić information content (AvgIpc) is 2.84. The van der Waals surface area contributed by atoms with Gasteiger partial charge in [0.1, 0.15) is 11.8 Å². The van der Waals surface area contributed by atoms with Gasteiger partial charge in [0.25, 0.3) is 5.91 Å². The zero-order chi connectivity index (χ0) is 25.5. The topological polar surface area (TPSA) is 98.7 Å². The predicted molar refractivity (Wildman–Crippen MR) is 143 cm³/mol. The number of carbonyl (C=O) groups is 2. The maximum Gasteiger partial charge on any atom is 0.252 e. The number of phenols is 1. The fraction of sp³-hybridized carbons (Fsp3) is 0.586. The van der Waals surface area contributed by atoms with Crippen molar-refractivity contribution < 1.29 is 19.8 Å². The standard InChI is InChI=1S/C29H44N2O4/c1-3-4-5-6-7-8-9-10-11-12-13-14-19-30-29(35)27(22(2)32)31-28(34)25-16-15-24-21-26(33)18-17-23(24)20-25/h15-18,20-22,27,32-33H,3-14,19H2,1-2H3,(H,30,35)(H,31,34)/t22-,27+/m1/s1. The molecule has 0 heterocycles. The summed E-state index contributed by atoms with van der Waals surface area (Å²) >= 11 is 0. The summed E-state index contributed by atoms with van der Waals surface area (Å²) in [5.74, 6) is -0.637. The van der Waals surface area contributed by atoms with E-state index in [-0.39, 0.29) is 11.7 Å². The Kier molecular flexibility index (Phi) is 13.2. The van der Waals surface area contributed by atoms with E-state index in [0.717, 1.165) is 23.6 Å². The Hall–Kier alpha value is -2.60. The van der Waals surface area contributed by atoms with Crippen molar-refractivity contribution in [2.24, 2.45) is 0 Å². The van der Waals surface area contributed by atoms with Crippen LogP contribution in [0.1, 0.15) is 101 Å². The van der Waals surface area contributed by atoms with Crippen LogP contribution in [0.25, 0.3) is 10.8 Å². The first-order chi connectivity index (χ1) is 16.9. The average molecular weight is 485 g/mol. The van der Waals surface area contributed by atoms with E-state index in [0.29, 0.717) is 12.1 Å². The fourth-order valence-corrected chi connectivity index (χ4v) is 4.29. The van der Waals surface area contributed by atoms with Crippen molar-refractivity contribution in [3.63, 3.8) is 0 Å². The predicted octanol–water partition coefficient (Wildman–Crippen LogP) is 5.84. The second-order valence-electron chi connectivity index (χ2n) is 9.62. The minimum Gasteiger partial charge on any atom is -0.508 e. The quantitative estimate of drug-likeness (QED) is 0.212. The summed E-state index contributed by atoms with van der Waals surface area (Å²) < 4.78 is 0. The highest BCUT2D eigenvalue weighted by Crippen LogP contribution is 2.21. The molecule has 0 saturated carbocycles. The number of unbranched alkanes of at least 4 members (excludes halogenated alkanes) is 11. The van der Waals surface area contributed by atoms with Gasteiger partial charge in [-0.15, -0.1) is 0 Å². The van der Waals surface area contributed by atoms with Crippen LogP contribution in [0.3, 0.4) is 0 Å². The lowest BCUT2D eigenvalue weighted by Gasteiger charge is -2.21. The van der Waals surface area contributed by atoms with Gasteiger partial charge in [0.15, 0.2) is 0 Å². The fourth-order valence-electron chi connectivity index (χ4n) is 4.29. The van der Waals surface area contributed by atoms with Gasteiger partial charge in [-0.1, -0.05) is 89.7 Å². The van der Waals surface area contributed by atoms with Crippen LogP contribution < -0.4 is 10.6 Å². The molecule has 6 heteroatoms. The van der Waals surface area contributed by atoms with Crippen molar-refractivity contribution in [2.45, 2.75) is 103 Å². The molecule has 2 rings (SSSR count). The molecule has 2 atom stereocenters. The molecular weight excluding hydrogens is 440 g/mol. The summed E-state index contributed by atoms with van der Waals surface area (Å²) in [5.41, 5.74) is 0.391. The smallest absolute Gasteiger partial charge is 0.252 e. The Morgan fingerprint density at radius 3 is 1.94 bits per heavy atom. The third-order valence-electron chi connectivity index (χ3n) is 6.47. The van der Waals surface area contributed by atoms with Crippen LogP contribution in [0.4, 0.5) is 0 Å². The monoisotopic (exact) mass is 484 g/mol. The molecule has 2 amide bonds. The van der Waals surface area contributed by atoms with E-state index in [1.54, 1.807) is 36.4 Å². The Morgan fingerprint density at radius 2 is 1.34 bits per heavy atom. The first kappa shape index (κ1) is 28.6. The van der Waals surface area contributed by atoms with E-state index in [1.165, 1.54) is 71.1 Å². The van der Waals surface area contributed by atoms with Crippen LogP contribution in [-0.4, -0.2) is 40.7 Å². The molecule has 0 fully saturated rings. The number of hydrogen-bond donors (Lipinski definition) is 4. The van der Waals surface area contributed by atoms with E-state index in [2.05, 4.69) is 17.6 Å². The van der Waals surface area contributed by atoms with Crippen LogP contribution in [0.2, 0.25) is 0 Å². The van der Waals surface area contributed by atoms with Crippen LogP contribution in [0, 0.1) is 0 Å². The number of carbonyl (C=O) groups excluding carboxylic acids is 2. The van der Waals surface area contributed by atoms with Crippen molar-refractivity contribution in [3.05, 3.63) is 42.0 Å². The molecule has 0 bridgehead atoms. The molecule has 0 aromatic heterocycles. The first-order valence-electron chi connectivity index (χ1n) is 13.4. The lowest BCUT2D eigenvalue weighted by molar-refractivity contribution is -0.125. The van der Waals surface area contributed by atoms with Crippen LogP contribution >= 0.6 is 0 Å². The molecule has 0 unspecified atom stereocenters. The number of rotatable bonds is 17. The van der Waals surface area contributed by atoms with E-state index in [4.69, 9.17) is 0 Å². The van der Waals surface area contributed by atoms with Gasteiger partial charge in [0.2, 0.25) is 5.91 Å². The first-order valence-corrected chi connectivity index (χ1v) is 13.4. The van der Waals surface area contributed by atoms with E-state index < -0.39 is 18.1 Å². The lowest BCUT2D eigenvalue weighted by Crippen LogP contribution is -2.52. The highest BCUT2D eigenvalue weighted by atomic mass is 16.3. The van der Waals surface area contributed by atoms with Gasteiger partial charge in [0, 0.05) is 12.1 Å². The van der Waals surface area contributed by atoms with Crippen LogP contribution in [-0.2, 0) is 4.79 Å². The molecule has 0 radical (unpaired) electrons. The number of aliphatic hydroxyl groups is 1. The normalized spacial score (nSPS) is 12.9. The maximum atomic E-state index is 12.7. The zero-order valence-electron chi connectivity index (χ0n) is 21.5. The van der Waals surface area contributed by atoms with E-state index >= 15 is 0 Å². The molecule has 0 spiro atoms. The number of aromatic hydroxyl groups is 1. The third kappa shape index (κ3) is 10.7. The summed E-state index contributed by atoms with van der Waals surface area (Å²) in [5, 5.41) is 26.8. The minimum atomic E-state index is -1.02. The van der Waals surface area contributed by atoms with Crippen molar-refractivity contribution in [2.75, 3.05) is 6.54 Å².